The first kappa shape index (κ1) is 25.4. The molecule has 0 aliphatic rings. The molecule has 0 atom stereocenters. The number of rotatable bonds is 5. The molecule has 5 aromatic rings. The third-order valence-electron chi connectivity index (χ3n) is 7.06. The molecule has 2 nitrogen and oxygen atoms in total. The van der Waals surface area contributed by atoms with Crippen molar-refractivity contribution in [2.24, 2.45) is 0 Å². The number of hydrogen-bond acceptors (Lipinski definition) is 1. The molecule has 0 saturated heterocycles. The van der Waals surface area contributed by atoms with Gasteiger partial charge in [0.05, 0.1) is 0 Å². The first-order chi connectivity index (χ1) is 18.2. The molecular weight excluding hydrogens is 469 g/mol. The van der Waals surface area contributed by atoms with Crippen molar-refractivity contribution in [3.05, 3.63) is 132 Å². The highest BCUT2D eigenvalue weighted by atomic mass is 19.1. The summed E-state index contributed by atoms with van der Waals surface area (Å²) in [4.78, 5) is 15.1. The number of amides is 1. The maximum atomic E-state index is 15.0. The summed E-state index contributed by atoms with van der Waals surface area (Å²) in [6, 6.07) is 35.3. The van der Waals surface area contributed by atoms with Crippen LogP contribution in [0.1, 0.15) is 42.3 Å². The van der Waals surface area contributed by atoms with Crippen LogP contribution in [0, 0.1) is 5.82 Å². The molecule has 190 valence electrons. The van der Waals surface area contributed by atoms with Gasteiger partial charge in [-0.15, -0.1) is 0 Å². The van der Waals surface area contributed by atoms with Crippen molar-refractivity contribution in [3.63, 3.8) is 0 Å². The van der Waals surface area contributed by atoms with Crippen LogP contribution in [0.5, 0.6) is 0 Å². The summed E-state index contributed by atoms with van der Waals surface area (Å²) >= 11 is 0. The second-order valence-electron chi connectivity index (χ2n) is 10.9. The van der Waals surface area contributed by atoms with Gasteiger partial charge < -0.3 is 4.90 Å². The van der Waals surface area contributed by atoms with Crippen molar-refractivity contribution in [1.29, 1.82) is 0 Å². The molecule has 0 radical (unpaired) electrons. The van der Waals surface area contributed by atoms with E-state index in [1.54, 1.807) is 18.0 Å². The molecule has 0 aliphatic heterocycles. The lowest BCUT2D eigenvalue weighted by Crippen LogP contribution is -2.26. The van der Waals surface area contributed by atoms with E-state index in [0.717, 1.165) is 33.0 Å². The van der Waals surface area contributed by atoms with Gasteiger partial charge in [0.25, 0.3) is 5.91 Å². The number of hydrogen-bond donors (Lipinski definition) is 0. The Hall–Kier alpha value is -4.24. The SMILES string of the molecule is CN(Cc1cccc2ccccc12)C(=O)c1cc(F)cc(-c2ccccc2-c2cccc(C(C)(C)C)c2)c1. The highest BCUT2D eigenvalue weighted by Gasteiger charge is 2.18. The Morgan fingerprint density at radius 1 is 0.737 bits per heavy atom. The van der Waals surface area contributed by atoms with Gasteiger partial charge in [-0.1, -0.05) is 112 Å². The van der Waals surface area contributed by atoms with Crippen molar-refractivity contribution in [1.82, 2.24) is 4.90 Å². The van der Waals surface area contributed by atoms with Gasteiger partial charge in [0.2, 0.25) is 0 Å². The summed E-state index contributed by atoms with van der Waals surface area (Å²) < 4.78 is 15.0. The molecule has 38 heavy (non-hydrogen) atoms. The molecule has 5 aromatic carbocycles. The largest absolute Gasteiger partial charge is 0.337 e. The minimum Gasteiger partial charge on any atom is -0.337 e. The summed E-state index contributed by atoms with van der Waals surface area (Å²) in [6.07, 6.45) is 0. The van der Waals surface area contributed by atoms with E-state index in [2.05, 4.69) is 69.3 Å². The molecule has 0 saturated carbocycles. The van der Waals surface area contributed by atoms with Crippen LogP contribution >= 0.6 is 0 Å². The van der Waals surface area contributed by atoms with Crippen LogP contribution in [0.25, 0.3) is 33.0 Å². The van der Waals surface area contributed by atoms with Crippen LogP contribution < -0.4 is 0 Å². The highest BCUT2D eigenvalue weighted by Crippen LogP contribution is 2.35. The quantitative estimate of drug-likeness (QED) is 0.235. The maximum Gasteiger partial charge on any atom is 0.254 e. The Morgan fingerprint density at radius 2 is 1.39 bits per heavy atom. The van der Waals surface area contributed by atoms with Gasteiger partial charge in [-0.2, -0.15) is 0 Å². The van der Waals surface area contributed by atoms with Crippen LogP contribution in [-0.4, -0.2) is 17.9 Å². The second-order valence-corrected chi connectivity index (χ2v) is 10.9. The Labute approximate surface area is 224 Å². The standard InChI is InChI=1S/C35H32FNO/c1-35(2,3)29-15-10-13-25(20-29)32-17-7-8-18-33(32)27-19-28(22-30(36)21-27)34(38)37(4)23-26-14-9-12-24-11-5-6-16-31(24)26/h5-22H,23H2,1-4H3. The molecule has 0 unspecified atom stereocenters. The van der Waals surface area contributed by atoms with Gasteiger partial charge in [0, 0.05) is 19.2 Å². The van der Waals surface area contributed by atoms with Gasteiger partial charge in [0.15, 0.2) is 0 Å². The zero-order valence-electron chi connectivity index (χ0n) is 22.3. The molecule has 0 aromatic heterocycles. The predicted octanol–water partition coefficient (Wildman–Crippen LogP) is 8.88. The Morgan fingerprint density at radius 3 is 2.16 bits per heavy atom. The lowest BCUT2D eigenvalue weighted by atomic mass is 9.84. The van der Waals surface area contributed by atoms with Crippen LogP contribution in [0.4, 0.5) is 4.39 Å². The van der Waals surface area contributed by atoms with Crippen LogP contribution in [0.15, 0.2) is 109 Å². The lowest BCUT2D eigenvalue weighted by Gasteiger charge is -2.21. The van der Waals surface area contributed by atoms with Gasteiger partial charge in [0.1, 0.15) is 5.82 Å². The Balaban J connectivity index is 1.49. The van der Waals surface area contributed by atoms with Gasteiger partial charge in [-0.3, -0.25) is 4.79 Å². The number of fused-ring (bicyclic) bond motifs is 1. The molecule has 0 aliphatic carbocycles. The summed E-state index contributed by atoms with van der Waals surface area (Å²) in [5.74, 6) is -0.645. The minimum absolute atomic E-state index is 0.0120. The van der Waals surface area contributed by atoms with Crippen molar-refractivity contribution in [2.75, 3.05) is 7.05 Å². The Kier molecular flexibility index (Phi) is 6.86. The topological polar surface area (TPSA) is 20.3 Å². The molecule has 5 rings (SSSR count). The van der Waals surface area contributed by atoms with Crippen molar-refractivity contribution < 1.29 is 9.18 Å². The average Bonchev–Trinajstić information content (AvgIpc) is 2.92. The number of carbonyl (C=O) groups excluding carboxylic acids is 1. The molecule has 1 amide bonds. The van der Waals surface area contributed by atoms with E-state index in [9.17, 15) is 9.18 Å². The first-order valence-electron chi connectivity index (χ1n) is 12.9. The van der Waals surface area contributed by atoms with Gasteiger partial charge in [-0.25, -0.2) is 4.39 Å². The molecule has 0 spiro atoms. The fourth-order valence-corrected chi connectivity index (χ4v) is 4.99. The van der Waals surface area contributed by atoms with Gasteiger partial charge in [-0.05, 0) is 67.8 Å². The zero-order valence-corrected chi connectivity index (χ0v) is 22.3. The van der Waals surface area contributed by atoms with Crippen molar-refractivity contribution >= 4 is 16.7 Å². The zero-order chi connectivity index (χ0) is 26.9. The molecule has 0 N–H and O–H groups in total. The normalized spacial score (nSPS) is 11.5. The summed E-state index contributed by atoms with van der Waals surface area (Å²) in [5, 5.41) is 2.24. The van der Waals surface area contributed by atoms with E-state index in [1.165, 1.54) is 17.7 Å². The summed E-state index contributed by atoms with van der Waals surface area (Å²) in [7, 11) is 1.76. The van der Waals surface area contributed by atoms with Crippen LogP contribution in [0.3, 0.4) is 0 Å². The van der Waals surface area contributed by atoms with E-state index < -0.39 is 5.82 Å². The number of carbonyl (C=O) groups is 1. The third-order valence-corrected chi connectivity index (χ3v) is 7.06. The summed E-state index contributed by atoms with van der Waals surface area (Å²) in [5.41, 5.74) is 6.28. The van der Waals surface area contributed by atoms with E-state index in [-0.39, 0.29) is 11.3 Å². The number of nitrogens with zero attached hydrogens (tertiary/aromatic N) is 1. The fourth-order valence-electron chi connectivity index (χ4n) is 4.99. The molecule has 0 bridgehead atoms. The second kappa shape index (κ2) is 10.3. The summed E-state index contributed by atoms with van der Waals surface area (Å²) in [6.45, 7) is 7.01. The smallest absolute Gasteiger partial charge is 0.254 e. The molecule has 0 fully saturated rings. The lowest BCUT2D eigenvalue weighted by molar-refractivity contribution is 0.0785. The molecular formula is C35H32FNO. The van der Waals surface area contributed by atoms with Gasteiger partial charge >= 0.3 is 0 Å². The van der Waals surface area contributed by atoms with Crippen molar-refractivity contribution in [3.8, 4) is 22.3 Å². The highest BCUT2D eigenvalue weighted by molar-refractivity contribution is 5.96. The fraction of sp³-hybridized carbons (Fsp3) is 0.171. The molecule has 3 heteroatoms. The number of benzene rings is 5. The maximum absolute atomic E-state index is 15.0. The Bertz CT molecular complexity index is 1620. The van der Waals surface area contributed by atoms with E-state index in [4.69, 9.17) is 0 Å². The van der Waals surface area contributed by atoms with E-state index in [1.807, 2.05) is 42.5 Å². The minimum atomic E-state index is -0.428. The van der Waals surface area contributed by atoms with Crippen LogP contribution in [-0.2, 0) is 12.0 Å². The van der Waals surface area contributed by atoms with E-state index >= 15 is 0 Å². The number of halogens is 1. The van der Waals surface area contributed by atoms with Crippen molar-refractivity contribution in [2.45, 2.75) is 32.7 Å². The monoisotopic (exact) mass is 501 g/mol. The molecule has 0 heterocycles. The average molecular weight is 502 g/mol. The first-order valence-corrected chi connectivity index (χ1v) is 12.9. The van der Waals surface area contributed by atoms with E-state index in [0.29, 0.717) is 17.7 Å². The van der Waals surface area contributed by atoms with Crippen LogP contribution in [0.2, 0.25) is 0 Å². The predicted molar refractivity (Wildman–Crippen MR) is 156 cm³/mol. The third kappa shape index (κ3) is 5.24.